The molecule has 0 aliphatic heterocycles. The molecule has 25 heavy (non-hydrogen) atoms. The summed E-state index contributed by atoms with van der Waals surface area (Å²) in [5, 5.41) is 9.82. The van der Waals surface area contributed by atoms with E-state index >= 15 is 0 Å². The van der Waals surface area contributed by atoms with Gasteiger partial charge in [0, 0.05) is 11.4 Å². The zero-order valence-corrected chi connectivity index (χ0v) is 16.3. The summed E-state index contributed by atoms with van der Waals surface area (Å²) in [6.45, 7) is 0. The summed E-state index contributed by atoms with van der Waals surface area (Å²) in [7, 11) is -3.82. The first-order valence-electron chi connectivity index (χ1n) is 6.88. The van der Waals surface area contributed by atoms with Crippen LogP contribution in [0.2, 0.25) is 15.1 Å². The van der Waals surface area contributed by atoms with Crippen LogP contribution in [-0.4, -0.2) is 18.6 Å². The van der Waals surface area contributed by atoms with Crippen LogP contribution < -0.4 is 4.72 Å². The second-order valence-electron chi connectivity index (χ2n) is 4.99. The molecule has 2 aromatic carbocycles. The van der Waals surface area contributed by atoms with Gasteiger partial charge in [-0.15, -0.1) is 10.2 Å². The minimum absolute atomic E-state index is 0.00338. The van der Waals surface area contributed by atoms with Gasteiger partial charge in [0.15, 0.2) is 0 Å². The number of aromatic nitrogens is 2. The fourth-order valence-electron chi connectivity index (χ4n) is 1.96. The van der Waals surface area contributed by atoms with Gasteiger partial charge in [0.05, 0.1) is 14.9 Å². The van der Waals surface area contributed by atoms with E-state index in [-0.39, 0.29) is 20.1 Å². The van der Waals surface area contributed by atoms with Crippen LogP contribution in [0.3, 0.4) is 0 Å². The lowest BCUT2D eigenvalue weighted by atomic mass is 10.2. The summed E-state index contributed by atoms with van der Waals surface area (Å²) in [4.78, 5) is -0.00338. The molecule has 0 aliphatic rings. The average Bonchev–Trinajstić information content (AvgIpc) is 2.98. The number of benzene rings is 2. The van der Waals surface area contributed by atoms with Crippen LogP contribution in [0.25, 0.3) is 0 Å². The summed E-state index contributed by atoms with van der Waals surface area (Å²) in [5.74, 6) is 0. The van der Waals surface area contributed by atoms with E-state index < -0.39 is 10.0 Å². The van der Waals surface area contributed by atoms with E-state index in [9.17, 15) is 8.42 Å². The number of hydrogen-bond acceptors (Lipinski definition) is 5. The van der Waals surface area contributed by atoms with Crippen LogP contribution >= 0.6 is 46.1 Å². The van der Waals surface area contributed by atoms with Gasteiger partial charge >= 0.3 is 0 Å². The third kappa shape index (κ3) is 4.62. The molecule has 0 saturated heterocycles. The van der Waals surface area contributed by atoms with Crippen LogP contribution in [0.5, 0.6) is 0 Å². The van der Waals surface area contributed by atoms with E-state index in [0.29, 0.717) is 16.5 Å². The zero-order valence-electron chi connectivity index (χ0n) is 12.4. The van der Waals surface area contributed by atoms with Crippen molar-refractivity contribution in [1.29, 1.82) is 0 Å². The van der Waals surface area contributed by atoms with Crippen molar-refractivity contribution < 1.29 is 8.42 Å². The van der Waals surface area contributed by atoms with Crippen molar-refractivity contribution in [2.45, 2.75) is 11.3 Å². The lowest BCUT2D eigenvalue weighted by Crippen LogP contribution is -2.12. The quantitative estimate of drug-likeness (QED) is 0.620. The Morgan fingerprint density at radius 2 is 1.68 bits per heavy atom. The molecule has 1 N–H and O–H groups in total. The first kappa shape index (κ1) is 18.4. The monoisotopic (exact) mass is 433 g/mol. The highest BCUT2D eigenvalue weighted by Gasteiger charge is 2.18. The van der Waals surface area contributed by atoms with Crippen LogP contribution in [0.4, 0.5) is 5.13 Å². The second-order valence-corrected chi connectivity index (χ2v) is 8.98. The second kappa shape index (κ2) is 7.47. The number of rotatable bonds is 5. The SMILES string of the molecule is O=S(=O)(Nc1nnc(Cc2ccc(Cl)cc2)s1)c1ccc(Cl)c(Cl)c1. The third-order valence-electron chi connectivity index (χ3n) is 3.16. The Bertz CT molecular complexity index is 1010. The summed E-state index contributed by atoms with van der Waals surface area (Å²) in [5.41, 5.74) is 0.999. The molecule has 0 fully saturated rings. The summed E-state index contributed by atoms with van der Waals surface area (Å²) < 4.78 is 27.2. The number of halogens is 3. The first-order valence-corrected chi connectivity index (χ1v) is 10.3. The van der Waals surface area contributed by atoms with E-state index in [1.54, 1.807) is 12.1 Å². The molecule has 0 bridgehead atoms. The van der Waals surface area contributed by atoms with E-state index in [0.717, 1.165) is 16.9 Å². The number of nitrogens with zero attached hydrogens (tertiary/aromatic N) is 2. The van der Waals surface area contributed by atoms with Crippen LogP contribution in [-0.2, 0) is 16.4 Å². The van der Waals surface area contributed by atoms with Gasteiger partial charge in [-0.25, -0.2) is 8.42 Å². The molecule has 0 radical (unpaired) electrons. The minimum Gasteiger partial charge on any atom is -0.253 e. The first-order chi connectivity index (χ1) is 11.8. The normalized spacial score (nSPS) is 11.5. The molecule has 1 heterocycles. The Morgan fingerprint density at radius 3 is 2.36 bits per heavy atom. The van der Waals surface area contributed by atoms with Gasteiger partial charge in [-0.3, -0.25) is 4.72 Å². The van der Waals surface area contributed by atoms with Gasteiger partial charge in [0.25, 0.3) is 10.0 Å². The summed E-state index contributed by atoms with van der Waals surface area (Å²) in [6, 6.07) is 11.4. The van der Waals surface area contributed by atoms with Crippen molar-refractivity contribution in [2.75, 3.05) is 4.72 Å². The highest BCUT2D eigenvalue weighted by molar-refractivity contribution is 7.93. The largest absolute Gasteiger partial charge is 0.263 e. The van der Waals surface area contributed by atoms with E-state index in [2.05, 4.69) is 14.9 Å². The molecule has 3 rings (SSSR count). The zero-order chi connectivity index (χ0) is 18.0. The summed E-state index contributed by atoms with van der Waals surface area (Å²) >= 11 is 18.7. The molecule has 3 aromatic rings. The molecule has 0 unspecified atom stereocenters. The maximum atomic E-state index is 12.4. The number of hydrogen-bond donors (Lipinski definition) is 1. The molecule has 0 aliphatic carbocycles. The Morgan fingerprint density at radius 1 is 0.960 bits per heavy atom. The average molecular weight is 435 g/mol. The van der Waals surface area contributed by atoms with Gasteiger partial charge in [-0.1, -0.05) is 58.3 Å². The lowest BCUT2D eigenvalue weighted by Gasteiger charge is -2.05. The van der Waals surface area contributed by atoms with Crippen molar-refractivity contribution in [2.24, 2.45) is 0 Å². The topological polar surface area (TPSA) is 72.0 Å². The predicted molar refractivity (Wildman–Crippen MR) is 101 cm³/mol. The number of nitrogens with one attached hydrogen (secondary N) is 1. The Labute approximate surface area is 163 Å². The van der Waals surface area contributed by atoms with Gasteiger partial charge < -0.3 is 0 Å². The molecular weight excluding hydrogens is 425 g/mol. The molecule has 0 spiro atoms. The fourth-order valence-corrected chi connectivity index (χ4v) is 4.48. The minimum atomic E-state index is -3.82. The molecule has 5 nitrogen and oxygen atoms in total. The van der Waals surface area contributed by atoms with Crippen LogP contribution in [0, 0.1) is 0 Å². The molecule has 0 amide bonds. The predicted octanol–water partition coefficient (Wildman–Crippen LogP) is 4.89. The van der Waals surface area contributed by atoms with Gasteiger partial charge in [0.1, 0.15) is 5.01 Å². The molecule has 130 valence electrons. The van der Waals surface area contributed by atoms with Gasteiger partial charge in [-0.05, 0) is 35.9 Å². The van der Waals surface area contributed by atoms with E-state index in [4.69, 9.17) is 34.8 Å². The molecule has 10 heteroatoms. The van der Waals surface area contributed by atoms with Crippen molar-refractivity contribution in [3.63, 3.8) is 0 Å². The molecule has 0 saturated carbocycles. The lowest BCUT2D eigenvalue weighted by molar-refractivity contribution is 0.601. The van der Waals surface area contributed by atoms with Crippen LogP contribution in [0.1, 0.15) is 10.6 Å². The smallest absolute Gasteiger partial charge is 0.253 e. The maximum Gasteiger partial charge on any atom is 0.263 e. The fraction of sp³-hybridized carbons (Fsp3) is 0.0667. The van der Waals surface area contributed by atoms with Crippen molar-refractivity contribution in [3.05, 3.63) is 68.1 Å². The maximum absolute atomic E-state index is 12.4. The summed E-state index contributed by atoms with van der Waals surface area (Å²) in [6.07, 6.45) is 0.531. The highest BCUT2D eigenvalue weighted by atomic mass is 35.5. The van der Waals surface area contributed by atoms with Crippen molar-refractivity contribution >= 4 is 61.3 Å². The standard InChI is InChI=1S/C15H10Cl3N3O2S2/c16-10-3-1-9(2-4-10)7-14-19-20-15(24-14)21-25(22,23)11-5-6-12(17)13(18)8-11/h1-6,8H,7H2,(H,20,21). The van der Waals surface area contributed by atoms with Crippen molar-refractivity contribution in [3.8, 4) is 0 Å². The third-order valence-corrected chi connectivity index (χ3v) is 6.45. The highest BCUT2D eigenvalue weighted by Crippen LogP contribution is 2.27. The molecule has 1 aromatic heterocycles. The molecule has 0 atom stereocenters. The van der Waals surface area contributed by atoms with Gasteiger partial charge in [-0.2, -0.15) is 0 Å². The van der Waals surface area contributed by atoms with E-state index in [1.165, 1.54) is 18.2 Å². The van der Waals surface area contributed by atoms with Crippen molar-refractivity contribution in [1.82, 2.24) is 10.2 Å². The Kier molecular flexibility index (Phi) is 5.50. The van der Waals surface area contributed by atoms with Crippen LogP contribution in [0.15, 0.2) is 47.4 Å². The number of anilines is 1. The molecular formula is C15H10Cl3N3O2S2. The van der Waals surface area contributed by atoms with Gasteiger partial charge in [0.2, 0.25) is 5.13 Å². The Balaban J connectivity index is 1.75. The number of sulfonamides is 1. The van der Waals surface area contributed by atoms with E-state index in [1.807, 2.05) is 12.1 Å². The Hall–Kier alpha value is -1.38.